The molecular weight excluding hydrogens is 234 g/mol. The quantitative estimate of drug-likeness (QED) is 0.744. The van der Waals surface area contributed by atoms with Gasteiger partial charge in [0.1, 0.15) is 6.33 Å². The van der Waals surface area contributed by atoms with Crippen LogP contribution in [-0.4, -0.2) is 54.7 Å². The summed E-state index contributed by atoms with van der Waals surface area (Å²) in [7, 11) is 0. The highest BCUT2D eigenvalue weighted by Crippen LogP contribution is 2.15. The van der Waals surface area contributed by atoms with Gasteiger partial charge in [-0.25, -0.2) is 9.50 Å². The van der Waals surface area contributed by atoms with Gasteiger partial charge in [0.25, 0.3) is 11.7 Å². The molecule has 7 nitrogen and oxygen atoms in total. The zero-order chi connectivity index (χ0) is 12.7. The van der Waals surface area contributed by atoms with E-state index in [1.54, 1.807) is 9.42 Å². The van der Waals surface area contributed by atoms with Crippen LogP contribution in [0.25, 0.3) is 5.78 Å². The summed E-state index contributed by atoms with van der Waals surface area (Å²) in [6.45, 7) is 2.77. The Kier molecular flexibility index (Phi) is 2.48. The molecule has 1 N–H and O–H groups in total. The molecule has 0 bridgehead atoms. The van der Waals surface area contributed by atoms with Crippen molar-refractivity contribution in [3.63, 3.8) is 0 Å². The molecule has 0 radical (unpaired) electrons. The number of rotatable bonds is 1. The minimum atomic E-state index is -0.419. The third-order valence-electron chi connectivity index (χ3n) is 3.23. The SMILES string of the molecule is Cc1c(C(=O)N2CC[C@H](O)C2)cnc2ncnn12. The Balaban J connectivity index is 1.98. The van der Waals surface area contributed by atoms with E-state index >= 15 is 0 Å². The molecule has 1 aliphatic heterocycles. The number of aliphatic hydroxyl groups is 1. The van der Waals surface area contributed by atoms with Crippen molar-refractivity contribution in [2.75, 3.05) is 13.1 Å². The van der Waals surface area contributed by atoms with Crippen molar-refractivity contribution in [2.24, 2.45) is 0 Å². The maximum Gasteiger partial charge on any atom is 0.257 e. The fourth-order valence-corrected chi connectivity index (χ4v) is 2.20. The van der Waals surface area contributed by atoms with Crippen LogP contribution in [0, 0.1) is 6.92 Å². The van der Waals surface area contributed by atoms with Crippen LogP contribution in [0.2, 0.25) is 0 Å². The summed E-state index contributed by atoms with van der Waals surface area (Å²) in [5.41, 5.74) is 1.21. The van der Waals surface area contributed by atoms with E-state index in [-0.39, 0.29) is 5.91 Å². The number of aryl methyl sites for hydroxylation is 1. The molecule has 7 heteroatoms. The summed E-state index contributed by atoms with van der Waals surface area (Å²) in [6.07, 6.45) is 3.14. The second-order valence-electron chi connectivity index (χ2n) is 4.42. The molecule has 2 aromatic rings. The monoisotopic (exact) mass is 247 g/mol. The van der Waals surface area contributed by atoms with Gasteiger partial charge in [-0.2, -0.15) is 10.1 Å². The number of aromatic nitrogens is 4. The Morgan fingerprint density at radius 2 is 2.33 bits per heavy atom. The van der Waals surface area contributed by atoms with Crippen LogP contribution >= 0.6 is 0 Å². The Bertz CT molecular complexity index is 608. The first-order valence-electron chi connectivity index (χ1n) is 5.79. The van der Waals surface area contributed by atoms with Crippen molar-refractivity contribution in [1.29, 1.82) is 0 Å². The van der Waals surface area contributed by atoms with E-state index in [0.29, 0.717) is 36.5 Å². The lowest BCUT2D eigenvalue weighted by atomic mass is 10.2. The van der Waals surface area contributed by atoms with Gasteiger partial charge in [0.05, 0.1) is 17.4 Å². The van der Waals surface area contributed by atoms with Crippen molar-refractivity contribution in [1.82, 2.24) is 24.5 Å². The zero-order valence-electron chi connectivity index (χ0n) is 9.94. The molecule has 0 unspecified atom stereocenters. The molecular formula is C11H13N5O2. The first-order chi connectivity index (χ1) is 8.66. The summed E-state index contributed by atoms with van der Waals surface area (Å²) < 4.78 is 1.54. The number of β-amino-alcohol motifs (C(OH)–C–C–N with tert-alkyl or cyclic N) is 1. The van der Waals surface area contributed by atoms with Gasteiger partial charge >= 0.3 is 0 Å². The standard InChI is InChI=1S/C11H13N5O2/c1-7-9(4-12-11-13-6-14-16(7)11)10(18)15-3-2-8(17)5-15/h4,6,8,17H,2-3,5H2,1H3/t8-/m0/s1. The highest BCUT2D eigenvalue weighted by Gasteiger charge is 2.27. The Morgan fingerprint density at radius 3 is 3.06 bits per heavy atom. The number of amides is 1. The Morgan fingerprint density at radius 1 is 1.50 bits per heavy atom. The average Bonchev–Trinajstić information content (AvgIpc) is 2.97. The molecule has 1 saturated heterocycles. The van der Waals surface area contributed by atoms with Crippen molar-refractivity contribution < 1.29 is 9.90 Å². The van der Waals surface area contributed by atoms with Crippen LogP contribution in [0.1, 0.15) is 22.5 Å². The van der Waals surface area contributed by atoms with Gasteiger partial charge in [0.2, 0.25) is 0 Å². The van der Waals surface area contributed by atoms with Crippen molar-refractivity contribution in [3.05, 3.63) is 23.8 Å². The summed E-state index contributed by atoms with van der Waals surface area (Å²) in [5.74, 6) is 0.361. The van der Waals surface area contributed by atoms with Gasteiger partial charge in [0.15, 0.2) is 0 Å². The number of hydrogen-bond donors (Lipinski definition) is 1. The summed E-state index contributed by atoms with van der Waals surface area (Å²) in [6, 6.07) is 0. The molecule has 1 fully saturated rings. The predicted octanol–water partition coefficient (Wildman–Crippen LogP) is -0.360. The number of likely N-dealkylation sites (tertiary alicyclic amines) is 1. The summed E-state index contributed by atoms with van der Waals surface area (Å²) in [5, 5.41) is 13.5. The molecule has 0 aromatic carbocycles. The van der Waals surface area contributed by atoms with Gasteiger partial charge in [-0.3, -0.25) is 4.79 Å². The molecule has 94 valence electrons. The second-order valence-corrected chi connectivity index (χ2v) is 4.42. The molecule has 1 amide bonds. The van der Waals surface area contributed by atoms with Gasteiger partial charge in [-0.05, 0) is 13.3 Å². The lowest BCUT2D eigenvalue weighted by Crippen LogP contribution is -2.30. The van der Waals surface area contributed by atoms with E-state index in [4.69, 9.17) is 0 Å². The van der Waals surface area contributed by atoms with Gasteiger partial charge < -0.3 is 10.0 Å². The van der Waals surface area contributed by atoms with Crippen LogP contribution in [0.4, 0.5) is 0 Å². The maximum absolute atomic E-state index is 12.3. The molecule has 3 heterocycles. The van der Waals surface area contributed by atoms with E-state index < -0.39 is 6.10 Å². The first kappa shape index (κ1) is 11.1. The van der Waals surface area contributed by atoms with Crippen LogP contribution in [0.3, 0.4) is 0 Å². The molecule has 1 aliphatic rings. The summed E-state index contributed by atoms with van der Waals surface area (Å²) in [4.78, 5) is 22.0. The van der Waals surface area contributed by atoms with Crippen molar-refractivity contribution in [3.8, 4) is 0 Å². The first-order valence-corrected chi connectivity index (χ1v) is 5.79. The van der Waals surface area contributed by atoms with Crippen molar-refractivity contribution >= 4 is 11.7 Å². The van der Waals surface area contributed by atoms with Gasteiger partial charge in [-0.1, -0.05) is 0 Å². The smallest absolute Gasteiger partial charge is 0.257 e. The average molecular weight is 247 g/mol. The van der Waals surface area contributed by atoms with Crippen LogP contribution < -0.4 is 0 Å². The van der Waals surface area contributed by atoms with E-state index in [9.17, 15) is 9.90 Å². The second kappa shape index (κ2) is 4.02. The van der Waals surface area contributed by atoms with Crippen LogP contribution in [-0.2, 0) is 0 Å². The minimum Gasteiger partial charge on any atom is -0.391 e. The van der Waals surface area contributed by atoms with Crippen LogP contribution in [0.5, 0.6) is 0 Å². The fraction of sp³-hybridized carbons (Fsp3) is 0.455. The largest absolute Gasteiger partial charge is 0.391 e. The molecule has 1 atom stereocenters. The Labute approximate surface area is 103 Å². The predicted molar refractivity (Wildman–Crippen MR) is 62.0 cm³/mol. The van der Waals surface area contributed by atoms with Gasteiger partial charge in [0, 0.05) is 19.3 Å². The zero-order valence-corrected chi connectivity index (χ0v) is 9.94. The van der Waals surface area contributed by atoms with Gasteiger partial charge in [-0.15, -0.1) is 0 Å². The van der Waals surface area contributed by atoms with E-state index in [0.717, 1.165) is 0 Å². The van der Waals surface area contributed by atoms with E-state index in [1.165, 1.54) is 12.5 Å². The molecule has 0 spiro atoms. The van der Waals surface area contributed by atoms with E-state index in [2.05, 4.69) is 15.1 Å². The number of nitrogens with zero attached hydrogens (tertiary/aromatic N) is 5. The topological polar surface area (TPSA) is 83.6 Å². The molecule has 0 aliphatic carbocycles. The van der Waals surface area contributed by atoms with E-state index in [1.807, 2.05) is 6.92 Å². The Hall–Kier alpha value is -2.02. The number of carbonyl (C=O) groups is 1. The number of carbonyl (C=O) groups excluding carboxylic acids is 1. The molecule has 18 heavy (non-hydrogen) atoms. The molecule has 3 rings (SSSR count). The molecule has 2 aromatic heterocycles. The number of aliphatic hydroxyl groups excluding tert-OH is 1. The normalized spacial score (nSPS) is 19.7. The minimum absolute atomic E-state index is 0.117. The number of fused-ring (bicyclic) bond motifs is 1. The van der Waals surface area contributed by atoms with Crippen molar-refractivity contribution in [2.45, 2.75) is 19.4 Å². The number of hydrogen-bond acceptors (Lipinski definition) is 5. The summed E-state index contributed by atoms with van der Waals surface area (Å²) >= 11 is 0. The lowest BCUT2D eigenvalue weighted by Gasteiger charge is -2.16. The third-order valence-corrected chi connectivity index (χ3v) is 3.23. The molecule has 0 saturated carbocycles. The fourth-order valence-electron chi connectivity index (χ4n) is 2.20. The highest BCUT2D eigenvalue weighted by atomic mass is 16.3. The maximum atomic E-state index is 12.3. The van der Waals surface area contributed by atoms with Crippen LogP contribution in [0.15, 0.2) is 12.5 Å². The third kappa shape index (κ3) is 1.63. The highest BCUT2D eigenvalue weighted by molar-refractivity contribution is 5.95. The lowest BCUT2D eigenvalue weighted by molar-refractivity contribution is 0.0763.